The number of alkyl halides is 3. The lowest BCUT2D eigenvalue weighted by Crippen LogP contribution is -2.61. The van der Waals surface area contributed by atoms with Crippen LogP contribution in [0.25, 0.3) is 0 Å². The molecule has 0 spiro atoms. The van der Waals surface area contributed by atoms with Gasteiger partial charge in [0.1, 0.15) is 10.3 Å². The number of amides is 2. The second kappa shape index (κ2) is 6.70. The molecule has 4 rings (SSSR count). The Morgan fingerprint density at radius 1 is 1.35 bits per heavy atom. The molecule has 166 valence electrons. The number of carbonyl (C=O) groups excluding carboxylic acids is 2. The average molecular weight is 454 g/mol. The molecule has 3 fully saturated rings. The largest absolute Gasteiger partial charge is 0.417 e. The van der Waals surface area contributed by atoms with E-state index in [0.717, 1.165) is 17.4 Å². The molecule has 0 aliphatic carbocycles. The van der Waals surface area contributed by atoms with Gasteiger partial charge < -0.3 is 9.47 Å². The number of thiol groups is 1. The minimum absolute atomic E-state index is 0.248. The number of hydrogen-bond acceptors (Lipinski definition) is 6. The molecule has 0 N–H and O–H groups in total. The second-order valence-electron chi connectivity index (χ2n) is 8.60. The van der Waals surface area contributed by atoms with E-state index in [9.17, 15) is 22.8 Å². The molecule has 1 aromatic carbocycles. The summed E-state index contributed by atoms with van der Waals surface area (Å²) in [6.45, 7) is 5.75. The highest BCUT2D eigenvalue weighted by atomic mass is 32.1. The van der Waals surface area contributed by atoms with Crippen molar-refractivity contribution in [2.75, 3.05) is 11.5 Å². The van der Waals surface area contributed by atoms with Crippen LogP contribution in [0.3, 0.4) is 0 Å². The minimum atomic E-state index is -4.82. The molecule has 3 heterocycles. The Morgan fingerprint density at radius 2 is 2.03 bits per heavy atom. The quantitative estimate of drug-likeness (QED) is 0.557. The zero-order chi connectivity index (χ0) is 23.0. The predicted octanol–water partition coefficient (Wildman–Crippen LogP) is 3.48. The van der Waals surface area contributed by atoms with E-state index in [1.54, 1.807) is 13.8 Å². The first-order chi connectivity index (χ1) is 14.3. The Labute approximate surface area is 182 Å². The van der Waals surface area contributed by atoms with Crippen LogP contribution in [0.1, 0.15) is 44.7 Å². The van der Waals surface area contributed by atoms with Gasteiger partial charge in [-0.3, -0.25) is 9.59 Å². The van der Waals surface area contributed by atoms with E-state index >= 15 is 0 Å². The van der Waals surface area contributed by atoms with Crippen molar-refractivity contribution in [2.45, 2.75) is 61.8 Å². The highest BCUT2D eigenvalue weighted by Gasteiger charge is 2.83. The standard InChI is InChI=1S/C21H21F3N2O4S/c1-4-7-29-14-9-18(2)15-16(27)26(17(28)20(15,31)19(14,3)30-18)12-6-5-11(10-25)13(8-12)21(22,23)24/h5-6,8,14-15,31H,4,7,9H2,1-3H3/t14?,15-,18?,19?,20-/m0/s1. The summed E-state index contributed by atoms with van der Waals surface area (Å²) >= 11 is 4.66. The molecule has 6 nitrogen and oxygen atoms in total. The van der Waals surface area contributed by atoms with Gasteiger partial charge in [0.25, 0.3) is 5.91 Å². The smallest absolute Gasteiger partial charge is 0.375 e. The highest BCUT2D eigenvalue weighted by molar-refractivity contribution is 7.83. The number of rotatable bonds is 4. The first-order valence-electron chi connectivity index (χ1n) is 9.89. The zero-order valence-electron chi connectivity index (χ0n) is 17.1. The number of fused-ring (bicyclic) bond motifs is 5. The number of carbonyl (C=O) groups is 2. The third-order valence-electron chi connectivity index (χ3n) is 6.64. The summed E-state index contributed by atoms with van der Waals surface area (Å²) < 4.78 is 50.8. The number of hydrogen-bond donors (Lipinski definition) is 1. The van der Waals surface area contributed by atoms with Crippen LogP contribution in [0, 0.1) is 17.2 Å². The fraction of sp³-hybridized carbons (Fsp3) is 0.571. The number of benzene rings is 1. The van der Waals surface area contributed by atoms with Crippen molar-refractivity contribution in [3.05, 3.63) is 29.3 Å². The van der Waals surface area contributed by atoms with E-state index in [1.165, 1.54) is 12.1 Å². The van der Waals surface area contributed by atoms with Gasteiger partial charge in [-0.05, 0) is 38.5 Å². The Hall–Kier alpha value is -2.09. The van der Waals surface area contributed by atoms with Crippen LogP contribution in [-0.4, -0.2) is 40.5 Å². The summed E-state index contributed by atoms with van der Waals surface area (Å²) in [7, 11) is 0. The number of nitrogens with zero attached hydrogens (tertiary/aromatic N) is 2. The lowest BCUT2D eigenvalue weighted by atomic mass is 9.66. The fourth-order valence-electron chi connectivity index (χ4n) is 5.28. The van der Waals surface area contributed by atoms with Crippen LogP contribution in [0.2, 0.25) is 0 Å². The van der Waals surface area contributed by atoms with Crippen molar-refractivity contribution in [3.63, 3.8) is 0 Å². The molecule has 0 aromatic heterocycles. The molecule has 0 saturated carbocycles. The summed E-state index contributed by atoms with van der Waals surface area (Å²) in [5.41, 5.74) is -4.32. The Morgan fingerprint density at radius 3 is 2.61 bits per heavy atom. The summed E-state index contributed by atoms with van der Waals surface area (Å²) in [6, 6.07) is 4.27. The summed E-state index contributed by atoms with van der Waals surface area (Å²) in [5, 5.41) is 9.02. The number of imide groups is 1. The topological polar surface area (TPSA) is 79.6 Å². The monoisotopic (exact) mass is 454 g/mol. The molecule has 5 atom stereocenters. The maximum Gasteiger partial charge on any atom is 0.417 e. The van der Waals surface area contributed by atoms with Gasteiger partial charge in [0.2, 0.25) is 5.91 Å². The third-order valence-corrected chi connectivity index (χ3v) is 7.54. The van der Waals surface area contributed by atoms with Crippen molar-refractivity contribution in [1.82, 2.24) is 0 Å². The predicted molar refractivity (Wildman–Crippen MR) is 106 cm³/mol. The zero-order valence-corrected chi connectivity index (χ0v) is 18.0. The van der Waals surface area contributed by atoms with Crippen molar-refractivity contribution >= 4 is 30.1 Å². The van der Waals surface area contributed by atoms with Crippen molar-refractivity contribution in [2.24, 2.45) is 5.92 Å². The average Bonchev–Trinajstić information content (AvgIpc) is 3.15. The molecule has 3 aliphatic rings. The van der Waals surface area contributed by atoms with Gasteiger partial charge in [-0.1, -0.05) is 6.92 Å². The van der Waals surface area contributed by atoms with Crippen LogP contribution in [0.5, 0.6) is 0 Å². The summed E-state index contributed by atoms with van der Waals surface area (Å²) in [5.74, 6) is -2.40. The van der Waals surface area contributed by atoms with E-state index < -0.39 is 57.1 Å². The Bertz CT molecular complexity index is 1020. The van der Waals surface area contributed by atoms with Gasteiger partial charge in [0, 0.05) is 13.0 Å². The molecular weight excluding hydrogens is 433 g/mol. The molecule has 2 bridgehead atoms. The molecule has 31 heavy (non-hydrogen) atoms. The van der Waals surface area contributed by atoms with Gasteiger partial charge in [-0.25, -0.2) is 4.90 Å². The van der Waals surface area contributed by atoms with Crippen molar-refractivity contribution in [1.29, 1.82) is 5.26 Å². The van der Waals surface area contributed by atoms with Crippen molar-refractivity contribution in [3.8, 4) is 6.07 Å². The number of ether oxygens (including phenoxy) is 2. The Balaban J connectivity index is 1.80. The molecular formula is C21H21F3N2O4S. The fourth-order valence-corrected chi connectivity index (χ4v) is 5.96. The SMILES string of the molecule is CCCOC1CC2(C)OC1(C)[C@@]1(S)C(=O)N(c3ccc(C#N)c(C(F)(F)F)c3)C(=O)[C@@H]21. The highest BCUT2D eigenvalue weighted by Crippen LogP contribution is 2.66. The van der Waals surface area contributed by atoms with Crippen LogP contribution in [-0.2, 0) is 25.2 Å². The molecule has 0 radical (unpaired) electrons. The number of anilines is 1. The van der Waals surface area contributed by atoms with E-state index in [2.05, 4.69) is 12.6 Å². The second-order valence-corrected chi connectivity index (χ2v) is 9.31. The maximum atomic E-state index is 13.5. The minimum Gasteiger partial charge on any atom is -0.375 e. The van der Waals surface area contributed by atoms with Gasteiger partial charge in [-0.2, -0.15) is 31.1 Å². The van der Waals surface area contributed by atoms with E-state index in [4.69, 9.17) is 14.7 Å². The lowest BCUT2D eigenvalue weighted by Gasteiger charge is -2.41. The summed E-state index contributed by atoms with van der Waals surface area (Å²) in [4.78, 5) is 27.6. The molecule has 3 unspecified atom stereocenters. The first kappa shape index (κ1) is 22.1. The van der Waals surface area contributed by atoms with Gasteiger partial charge >= 0.3 is 6.18 Å². The first-order valence-corrected chi connectivity index (χ1v) is 10.3. The van der Waals surface area contributed by atoms with Crippen LogP contribution >= 0.6 is 12.6 Å². The normalized spacial score (nSPS) is 36.8. The Kier molecular flexibility index (Phi) is 4.78. The van der Waals surface area contributed by atoms with Crippen LogP contribution in [0.4, 0.5) is 18.9 Å². The van der Waals surface area contributed by atoms with E-state index in [0.29, 0.717) is 19.1 Å². The van der Waals surface area contributed by atoms with Crippen LogP contribution < -0.4 is 4.90 Å². The molecule has 10 heteroatoms. The third kappa shape index (κ3) is 2.73. The van der Waals surface area contributed by atoms with E-state index in [-0.39, 0.29) is 5.69 Å². The van der Waals surface area contributed by atoms with Gasteiger partial charge in [0.05, 0.1) is 40.5 Å². The van der Waals surface area contributed by atoms with E-state index in [1.807, 2.05) is 6.92 Å². The van der Waals surface area contributed by atoms with Gasteiger partial charge in [-0.15, -0.1) is 0 Å². The lowest BCUT2D eigenvalue weighted by molar-refractivity contribution is -0.138. The van der Waals surface area contributed by atoms with Crippen LogP contribution in [0.15, 0.2) is 18.2 Å². The van der Waals surface area contributed by atoms with Crippen molar-refractivity contribution < 1.29 is 32.2 Å². The molecule has 3 aliphatic heterocycles. The van der Waals surface area contributed by atoms with Gasteiger partial charge in [0.15, 0.2) is 0 Å². The molecule has 2 amide bonds. The summed E-state index contributed by atoms with van der Waals surface area (Å²) in [6.07, 6.45) is -4.20. The maximum absolute atomic E-state index is 13.5. The number of halogens is 3. The molecule has 3 saturated heterocycles. The number of nitriles is 1. The molecule has 1 aromatic rings.